The number of benzene rings is 4. The van der Waals surface area contributed by atoms with E-state index in [4.69, 9.17) is 11.6 Å². The molecular weight excluding hydrogens is 623 g/mol. The lowest BCUT2D eigenvalue weighted by Gasteiger charge is -2.18. The van der Waals surface area contributed by atoms with Crippen molar-refractivity contribution in [3.05, 3.63) is 130 Å². The number of carbonyl (C=O) groups excluding carboxylic acids is 3. The number of anilines is 2. The molecule has 0 heterocycles. The molecule has 0 saturated carbocycles. The van der Waals surface area contributed by atoms with Crippen LogP contribution in [0.1, 0.15) is 40.4 Å². The normalized spacial score (nSPS) is 12.3. The van der Waals surface area contributed by atoms with Gasteiger partial charge in [0.15, 0.2) is 0 Å². The molecule has 0 spiro atoms. The molecule has 4 rings (SSSR count). The number of aryl methyl sites for hydroxylation is 1. The van der Waals surface area contributed by atoms with E-state index < -0.39 is 34.7 Å². The SMILES string of the molecule is CCC(Sc1cccc(NC(=O)/C(=C/c2ccc(C)cc2)NC(=O)c2ccccc2)c1)C(=O)Nc1ccc(Cl)cc1C(F)(F)F. The molecular formula is C34H29ClF3N3O3S. The molecule has 11 heteroatoms. The van der Waals surface area contributed by atoms with Gasteiger partial charge < -0.3 is 16.0 Å². The average Bonchev–Trinajstić information content (AvgIpc) is 3.01. The molecule has 0 aliphatic rings. The first-order valence-electron chi connectivity index (χ1n) is 13.8. The highest BCUT2D eigenvalue weighted by Gasteiger charge is 2.34. The number of hydrogen-bond donors (Lipinski definition) is 3. The van der Waals surface area contributed by atoms with Gasteiger partial charge in [0.25, 0.3) is 11.8 Å². The first-order valence-corrected chi connectivity index (χ1v) is 15.1. The smallest absolute Gasteiger partial charge is 0.325 e. The summed E-state index contributed by atoms with van der Waals surface area (Å²) in [4.78, 5) is 40.0. The van der Waals surface area contributed by atoms with Crippen molar-refractivity contribution in [2.24, 2.45) is 0 Å². The Bertz CT molecular complexity index is 1710. The van der Waals surface area contributed by atoms with Gasteiger partial charge in [-0.05, 0) is 73.5 Å². The second-order valence-corrected chi connectivity index (χ2v) is 11.7. The Morgan fingerprint density at radius 2 is 1.60 bits per heavy atom. The van der Waals surface area contributed by atoms with E-state index in [0.29, 0.717) is 28.1 Å². The zero-order valence-corrected chi connectivity index (χ0v) is 25.8. The van der Waals surface area contributed by atoms with Gasteiger partial charge in [0.05, 0.1) is 16.5 Å². The number of carbonyl (C=O) groups is 3. The van der Waals surface area contributed by atoms with Crippen LogP contribution in [0.3, 0.4) is 0 Å². The Labute approximate surface area is 268 Å². The highest BCUT2D eigenvalue weighted by atomic mass is 35.5. The van der Waals surface area contributed by atoms with Crippen LogP contribution in [0.4, 0.5) is 24.5 Å². The number of nitrogens with one attached hydrogen (secondary N) is 3. The molecule has 4 aromatic rings. The molecule has 3 amide bonds. The number of alkyl halides is 3. The van der Waals surface area contributed by atoms with Crippen molar-refractivity contribution < 1.29 is 27.6 Å². The van der Waals surface area contributed by atoms with Gasteiger partial charge in [-0.2, -0.15) is 13.2 Å². The largest absolute Gasteiger partial charge is 0.418 e. The topological polar surface area (TPSA) is 87.3 Å². The van der Waals surface area contributed by atoms with E-state index >= 15 is 0 Å². The summed E-state index contributed by atoms with van der Waals surface area (Å²) in [5.74, 6) is -1.65. The summed E-state index contributed by atoms with van der Waals surface area (Å²) in [6.45, 7) is 3.68. The maximum absolute atomic E-state index is 13.5. The standard InChI is InChI=1S/C34H29ClF3N3O3S/c1-3-30(33(44)40-28-17-16-24(35)19-27(28)34(36,37)38)45-26-11-7-10-25(20-26)39-32(43)29(18-22-14-12-21(2)13-15-22)41-31(42)23-8-5-4-6-9-23/h4-20,30H,3H2,1-2H3,(H,39,43)(H,40,44)(H,41,42)/b29-18-. The number of rotatable bonds is 10. The summed E-state index contributed by atoms with van der Waals surface area (Å²) < 4.78 is 40.6. The fourth-order valence-corrected chi connectivity index (χ4v) is 5.36. The molecule has 3 N–H and O–H groups in total. The van der Waals surface area contributed by atoms with Gasteiger partial charge in [-0.1, -0.05) is 72.6 Å². The molecule has 0 saturated heterocycles. The van der Waals surface area contributed by atoms with E-state index in [1.54, 1.807) is 67.6 Å². The molecule has 1 unspecified atom stereocenters. The summed E-state index contributed by atoms with van der Waals surface area (Å²) in [7, 11) is 0. The lowest BCUT2D eigenvalue weighted by atomic mass is 10.1. The highest BCUT2D eigenvalue weighted by molar-refractivity contribution is 8.00. The van der Waals surface area contributed by atoms with Crippen LogP contribution in [-0.4, -0.2) is 23.0 Å². The summed E-state index contributed by atoms with van der Waals surface area (Å²) in [5, 5.41) is 7.02. The van der Waals surface area contributed by atoms with Gasteiger partial charge in [-0.3, -0.25) is 14.4 Å². The van der Waals surface area contributed by atoms with E-state index in [9.17, 15) is 27.6 Å². The van der Waals surface area contributed by atoms with Crippen molar-refractivity contribution in [3.8, 4) is 0 Å². The molecule has 0 fully saturated rings. The van der Waals surface area contributed by atoms with E-state index in [0.717, 1.165) is 29.5 Å². The van der Waals surface area contributed by atoms with Gasteiger partial charge in [-0.15, -0.1) is 11.8 Å². The van der Waals surface area contributed by atoms with Crippen LogP contribution in [0.25, 0.3) is 6.08 Å². The number of thioether (sulfide) groups is 1. The first-order chi connectivity index (χ1) is 21.4. The summed E-state index contributed by atoms with van der Waals surface area (Å²) in [6, 6.07) is 25.8. The van der Waals surface area contributed by atoms with Crippen molar-refractivity contribution in [2.45, 2.75) is 36.6 Å². The maximum atomic E-state index is 13.5. The Balaban J connectivity index is 1.51. The average molecular weight is 652 g/mol. The molecule has 1 atom stereocenters. The zero-order chi connectivity index (χ0) is 32.6. The van der Waals surface area contributed by atoms with E-state index in [2.05, 4.69) is 16.0 Å². The Morgan fingerprint density at radius 3 is 2.27 bits per heavy atom. The summed E-state index contributed by atoms with van der Waals surface area (Å²) in [5.41, 5.74) is 1.09. The third kappa shape index (κ3) is 9.47. The van der Waals surface area contributed by atoms with E-state index in [-0.39, 0.29) is 16.4 Å². The second-order valence-electron chi connectivity index (χ2n) is 9.96. The zero-order valence-electron chi connectivity index (χ0n) is 24.2. The lowest BCUT2D eigenvalue weighted by molar-refractivity contribution is -0.137. The van der Waals surface area contributed by atoms with Gasteiger partial charge in [0.1, 0.15) is 5.70 Å². The second kappa shape index (κ2) is 15.0. The van der Waals surface area contributed by atoms with Gasteiger partial charge in [0, 0.05) is 21.2 Å². The fourth-order valence-electron chi connectivity index (χ4n) is 4.18. The number of halogens is 4. The van der Waals surface area contributed by atoms with Crippen molar-refractivity contribution in [2.75, 3.05) is 10.6 Å². The number of amides is 3. The highest BCUT2D eigenvalue weighted by Crippen LogP contribution is 2.37. The predicted octanol–water partition coefficient (Wildman–Crippen LogP) is 8.59. The van der Waals surface area contributed by atoms with Gasteiger partial charge in [-0.25, -0.2) is 0 Å². The monoisotopic (exact) mass is 651 g/mol. The van der Waals surface area contributed by atoms with Gasteiger partial charge in [0.2, 0.25) is 5.91 Å². The third-order valence-corrected chi connectivity index (χ3v) is 8.09. The van der Waals surface area contributed by atoms with Crippen LogP contribution in [0, 0.1) is 6.92 Å². The van der Waals surface area contributed by atoms with Crippen LogP contribution < -0.4 is 16.0 Å². The molecule has 0 bridgehead atoms. The molecule has 45 heavy (non-hydrogen) atoms. The molecule has 0 aliphatic carbocycles. The van der Waals surface area contributed by atoms with Crippen molar-refractivity contribution in [3.63, 3.8) is 0 Å². The van der Waals surface area contributed by atoms with Crippen LogP contribution in [0.5, 0.6) is 0 Å². The Hall–Kier alpha value is -4.54. The Morgan fingerprint density at radius 1 is 0.889 bits per heavy atom. The lowest BCUT2D eigenvalue weighted by Crippen LogP contribution is -2.30. The van der Waals surface area contributed by atoms with Crippen molar-refractivity contribution >= 4 is 58.5 Å². The van der Waals surface area contributed by atoms with Crippen LogP contribution in [0.15, 0.2) is 108 Å². The van der Waals surface area contributed by atoms with Crippen molar-refractivity contribution in [1.82, 2.24) is 5.32 Å². The molecule has 0 aliphatic heterocycles. The molecule has 232 valence electrons. The Kier molecular flexibility index (Phi) is 11.1. The number of hydrogen-bond acceptors (Lipinski definition) is 4. The van der Waals surface area contributed by atoms with Crippen LogP contribution in [-0.2, 0) is 15.8 Å². The van der Waals surface area contributed by atoms with Crippen LogP contribution >= 0.6 is 23.4 Å². The van der Waals surface area contributed by atoms with Gasteiger partial charge >= 0.3 is 6.18 Å². The quantitative estimate of drug-likeness (QED) is 0.118. The first kappa shape index (κ1) is 33.4. The van der Waals surface area contributed by atoms with E-state index in [1.807, 2.05) is 31.2 Å². The molecule has 6 nitrogen and oxygen atoms in total. The van der Waals surface area contributed by atoms with Crippen LogP contribution in [0.2, 0.25) is 5.02 Å². The van der Waals surface area contributed by atoms with Crippen molar-refractivity contribution in [1.29, 1.82) is 0 Å². The minimum absolute atomic E-state index is 0.0139. The third-order valence-electron chi connectivity index (χ3n) is 6.50. The summed E-state index contributed by atoms with van der Waals surface area (Å²) in [6.07, 6.45) is -2.82. The molecule has 4 aromatic carbocycles. The fraction of sp³-hybridized carbons (Fsp3) is 0.147. The predicted molar refractivity (Wildman–Crippen MR) is 173 cm³/mol. The summed E-state index contributed by atoms with van der Waals surface area (Å²) >= 11 is 6.89. The minimum atomic E-state index is -4.71. The molecule has 0 radical (unpaired) electrons. The molecule has 0 aromatic heterocycles. The van der Waals surface area contributed by atoms with E-state index in [1.165, 1.54) is 6.07 Å². The minimum Gasteiger partial charge on any atom is -0.325 e. The maximum Gasteiger partial charge on any atom is 0.418 e.